The SMILES string of the molecule is Cc1cc(C)c(C(=O)Pc2ccc(OCc3ccccc3)cc2C)c(C)c1. The Morgan fingerprint density at radius 3 is 2.15 bits per heavy atom. The first kappa shape index (κ1) is 19.3. The van der Waals surface area contributed by atoms with Gasteiger partial charge in [-0.05, 0) is 76.0 Å². The Labute approximate surface area is 163 Å². The molecule has 3 aromatic rings. The Kier molecular flexibility index (Phi) is 6.08. The van der Waals surface area contributed by atoms with Crippen molar-refractivity contribution < 1.29 is 9.53 Å². The monoisotopic (exact) mass is 376 g/mol. The Hall–Kier alpha value is -2.44. The number of benzene rings is 3. The van der Waals surface area contributed by atoms with E-state index in [9.17, 15) is 4.79 Å². The highest BCUT2D eigenvalue weighted by molar-refractivity contribution is 7.66. The molecule has 2 nitrogen and oxygen atoms in total. The van der Waals surface area contributed by atoms with Gasteiger partial charge in [0.05, 0.1) is 0 Å². The van der Waals surface area contributed by atoms with Crippen LogP contribution in [-0.4, -0.2) is 5.52 Å². The van der Waals surface area contributed by atoms with Gasteiger partial charge >= 0.3 is 0 Å². The lowest BCUT2D eigenvalue weighted by molar-refractivity contribution is 0.108. The van der Waals surface area contributed by atoms with Crippen molar-refractivity contribution in [1.29, 1.82) is 0 Å². The molecule has 0 aliphatic heterocycles. The lowest BCUT2D eigenvalue weighted by Crippen LogP contribution is -2.08. The van der Waals surface area contributed by atoms with Gasteiger partial charge in [-0.3, -0.25) is 4.79 Å². The van der Waals surface area contributed by atoms with Crippen molar-refractivity contribution in [1.82, 2.24) is 0 Å². The maximum Gasteiger partial charge on any atom is 0.186 e. The number of hydrogen-bond acceptors (Lipinski definition) is 2. The zero-order chi connectivity index (χ0) is 19.4. The topological polar surface area (TPSA) is 26.3 Å². The fourth-order valence-corrected chi connectivity index (χ4v) is 4.53. The molecular formula is C24H25O2P. The van der Waals surface area contributed by atoms with Gasteiger partial charge in [0.1, 0.15) is 12.4 Å². The van der Waals surface area contributed by atoms with E-state index >= 15 is 0 Å². The van der Waals surface area contributed by atoms with Gasteiger partial charge in [-0.25, -0.2) is 0 Å². The van der Waals surface area contributed by atoms with Crippen LogP contribution < -0.4 is 10.0 Å². The highest BCUT2D eigenvalue weighted by Crippen LogP contribution is 2.27. The van der Waals surface area contributed by atoms with Crippen LogP contribution in [0.15, 0.2) is 60.7 Å². The molecule has 0 saturated carbocycles. The van der Waals surface area contributed by atoms with Crippen molar-refractivity contribution in [3.8, 4) is 5.75 Å². The van der Waals surface area contributed by atoms with E-state index in [1.807, 2.05) is 69.3 Å². The van der Waals surface area contributed by atoms with Crippen LogP contribution >= 0.6 is 8.58 Å². The minimum absolute atomic E-state index is 0.121. The lowest BCUT2D eigenvalue weighted by Gasteiger charge is -2.13. The normalized spacial score (nSPS) is 11.1. The highest BCUT2D eigenvalue weighted by Gasteiger charge is 2.15. The smallest absolute Gasteiger partial charge is 0.186 e. The summed E-state index contributed by atoms with van der Waals surface area (Å²) in [5.41, 5.74) is 6.61. The largest absolute Gasteiger partial charge is 0.489 e. The first-order valence-corrected chi connectivity index (χ1v) is 10.1. The summed E-state index contributed by atoms with van der Waals surface area (Å²) in [5.74, 6) is 0.833. The molecule has 138 valence electrons. The predicted octanol–water partition coefficient (Wildman–Crippen LogP) is 5.64. The van der Waals surface area contributed by atoms with Crippen LogP contribution in [0.5, 0.6) is 5.75 Å². The first-order valence-electron chi connectivity index (χ1n) is 9.10. The van der Waals surface area contributed by atoms with Crippen molar-refractivity contribution in [2.24, 2.45) is 0 Å². The van der Waals surface area contributed by atoms with E-state index in [-0.39, 0.29) is 14.1 Å². The van der Waals surface area contributed by atoms with E-state index in [1.54, 1.807) is 0 Å². The molecule has 0 fully saturated rings. The molecule has 0 aliphatic carbocycles. The zero-order valence-electron chi connectivity index (χ0n) is 16.3. The van der Waals surface area contributed by atoms with Crippen molar-refractivity contribution >= 4 is 19.4 Å². The predicted molar refractivity (Wildman–Crippen MR) is 115 cm³/mol. The second-order valence-electron chi connectivity index (χ2n) is 6.98. The fraction of sp³-hybridized carbons (Fsp3) is 0.208. The maximum absolute atomic E-state index is 12.9. The molecule has 0 aromatic heterocycles. The molecular weight excluding hydrogens is 351 g/mol. The summed E-state index contributed by atoms with van der Waals surface area (Å²) in [6, 6.07) is 20.3. The highest BCUT2D eigenvalue weighted by atomic mass is 31.1. The van der Waals surface area contributed by atoms with Crippen LogP contribution in [0.25, 0.3) is 0 Å². The minimum Gasteiger partial charge on any atom is -0.489 e. The Balaban J connectivity index is 1.72. The zero-order valence-corrected chi connectivity index (χ0v) is 17.3. The number of aryl methyl sites for hydroxylation is 4. The van der Waals surface area contributed by atoms with Gasteiger partial charge < -0.3 is 4.74 Å². The van der Waals surface area contributed by atoms with Gasteiger partial charge in [-0.1, -0.05) is 54.1 Å². The molecule has 0 radical (unpaired) electrons. The molecule has 0 saturated heterocycles. The lowest BCUT2D eigenvalue weighted by atomic mass is 10.0. The molecule has 0 aliphatic rings. The van der Waals surface area contributed by atoms with Gasteiger partial charge in [-0.2, -0.15) is 0 Å². The van der Waals surface area contributed by atoms with Crippen LogP contribution in [-0.2, 0) is 6.61 Å². The van der Waals surface area contributed by atoms with Gasteiger partial charge in [0.25, 0.3) is 0 Å². The summed E-state index contributed by atoms with van der Waals surface area (Å²) in [4.78, 5) is 12.9. The molecule has 3 rings (SSSR count). The van der Waals surface area contributed by atoms with Crippen molar-refractivity contribution in [2.45, 2.75) is 34.3 Å². The van der Waals surface area contributed by atoms with E-state index in [4.69, 9.17) is 4.74 Å². The standard InChI is InChI=1S/C24H25O2P/c1-16-12-18(3)23(19(4)13-16)24(25)27-22-11-10-21(14-17(22)2)26-15-20-8-6-5-7-9-20/h5-14,27H,15H2,1-4H3. The Morgan fingerprint density at radius 2 is 1.52 bits per heavy atom. The Bertz CT molecular complexity index is 938. The van der Waals surface area contributed by atoms with E-state index < -0.39 is 0 Å². The second-order valence-corrected chi connectivity index (χ2v) is 8.22. The van der Waals surface area contributed by atoms with Crippen LogP contribution in [0.3, 0.4) is 0 Å². The van der Waals surface area contributed by atoms with E-state index in [0.717, 1.165) is 38.9 Å². The number of rotatable bonds is 6. The molecule has 0 spiro atoms. The summed E-state index contributed by atoms with van der Waals surface area (Å²) < 4.78 is 5.89. The van der Waals surface area contributed by atoms with Gasteiger partial charge in [0, 0.05) is 5.56 Å². The van der Waals surface area contributed by atoms with E-state index in [1.165, 1.54) is 5.56 Å². The summed E-state index contributed by atoms with van der Waals surface area (Å²) in [6.45, 7) is 8.69. The third kappa shape index (κ3) is 4.84. The number of carbonyl (C=O) groups is 1. The number of hydrogen-bond donors (Lipinski definition) is 0. The van der Waals surface area contributed by atoms with E-state index in [2.05, 4.69) is 19.1 Å². The summed E-state index contributed by atoms with van der Waals surface area (Å²) in [7, 11) is 0.121. The van der Waals surface area contributed by atoms with Gasteiger partial charge in [0.15, 0.2) is 5.52 Å². The quantitative estimate of drug-likeness (QED) is 0.520. The molecule has 1 unspecified atom stereocenters. The Morgan fingerprint density at radius 1 is 0.852 bits per heavy atom. The average Bonchev–Trinajstić information content (AvgIpc) is 2.62. The second kappa shape index (κ2) is 8.50. The molecule has 3 heteroatoms. The van der Waals surface area contributed by atoms with Crippen LogP contribution in [0.1, 0.15) is 38.2 Å². The van der Waals surface area contributed by atoms with E-state index in [0.29, 0.717) is 6.61 Å². The summed E-state index contributed by atoms with van der Waals surface area (Å²) >= 11 is 0. The average molecular weight is 376 g/mol. The summed E-state index contributed by atoms with van der Waals surface area (Å²) in [5, 5.41) is 1.08. The molecule has 1 atom stereocenters. The number of ether oxygens (including phenoxy) is 1. The fourth-order valence-electron chi connectivity index (χ4n) is 3.33. The minimum atomic E-state index is 0.121. The molecule has 0 heterocycles. The molecule has 0 amide bonds. The van der Waals surface area contributed by atoms with Crippen molar-refractivity contribution in [2.75, 3.05) is 0 Å². The van der Waals surface area contributed by atoms with Gasteiger partial charge in [0.2, 0.25) is 0 Å². The third-order valence-electron chi connectivity index (χ3n) is 4.60. The molecule has 27 heavy (non-hydrogen) atoms. The van der Waals surface area contributed by atoms with Crippen molar-refractivity contribution in [3.05, 3.63) is 94.0 Å². The van der Waals surface area contributed by atoms with Crippen LogP contribution in [0, 0.1) is 27.7 Å². The molecule has 3 aromatic carbocycles. The van der Waals surface area contributed by atoms with Gasteiger partial charge in [-0.15, -0.1) is 0 Å². The first-order chi connectivity index (χ1) is 12.9. The maximum atomic E-state index is 12.9. The third-order valence-corrected chi connectivity index (χ3v) is 5.91. The molecule has 0 bridgehead atoms. The van der Waals surface area contributed by atoms with Crippen LogP contribution in [0.4, 0.5) is 0 Å². The van der Waals surface area contributed by atoms with Crippen molar-refractivity contribution in [3.63, 3.8) is 0 Å². The molecule has 0 N–H and O–H groups in total. The number of carbonyl (C=O) groups excluding carboxylic acids is 1. The summed E-state index contributed by atoms with van der Waals surface area (Å²) in [6.07, 6.45) is 0. The van der Waals surface area contributed by atoms with Crippen LogP contribution in [0.2, 0.25) is 0 Å².